The third-order valence-corrected chi connectivity index (χ3v) is 5.57. The SMILES string of the molecule is CCN1CCN(S(=O)(=O)Cc2ccc(C(=O)O)cc2)CC1. The maximum Gasteiger partial charge on any atom is 0.335 e. The number of aromatic carboxylic acids is 1. The average Bonchev–Trinajstić information content (AvgIpc) is 2.47. The molecule has 0 spiro atoms. The van der Waals surface area contributed by atoms with Gasteiger partial charge in [-0.05, 0) is 24.2 Å². The molecule has 0 saturated carbocycles. The maximum atomic E-state index is 12.4. The van der Waals surface area contributed by atoms with Crippen molar-refractivity contribution >= 4 is 16.0 Å². The van der Waals surface area contributed by atoms with Crippen LogP contribution in [-0.4, -0.2) is 61.4 Å². The number of sulfonamides is 1. The van der Waals surface area contributed by atoms with Crippen LogP contribution in [0.4, 0.5) is 0 Å². The lowest BCUT2D eigenvalue weighted by Gasteiger charge is -2.33. The number of carbonyl (C=O) groups is 1. The number of carboxylic acid groups (broad SMARTS) is 1. The van der Waals surface area contributed by atoms with Crippen LogP contribution in [0.15, 0.2) is 24.3 Å². The third kappa shape index (κ3) is 4.03. The summed E-state index contributed by atoms with van der Waals surface area (Å²) in [4.78, 5) is 13.0. The largest absolute Gasteiger partial charge is 0.478 e. The molecule has 1 N–H and O–H groups in total. The Morgan fingerprint density at radius 1 is 1.14 bits per heavy atom. The molecule has 1 aliphatic heterocycles. The molecular formula is C14H20N2O4S. The van der Waals surface area contributed by atoms with Gasteiger partial charge in [0.1, 0.15) is 0 Å². The van der Waals surface area contributed by atoms with Gasteiger partial charge in [-0.25, -0.2) is 13.2 Å². The monoisotopic (exact) mass is 312 g/mol. The first-order valence-electron chi connectivity index (χ1n) is 6.95. The van der Waals surface area contributed by atoms with E-state index in [1.165, 1.54) is 16.4 Å². The van der Waals surface area contributed by atoms with Gasteiger partial charge in [0.15, 0.2) is 0 Å². The molecule has 116 valence electrons. The van der Waals surface area contributed by atoms with E-state index >= 15 is 0 Å². The van der Waals surface area contributed by atoms with Gasteiger partial charge < -0.3 is 10.0 Å². The van der Waals surface area contributed by atoms with Crippen LogP contribution >= 0.6 is 0 Å². The quantitative estimate of drug-likeness (QED) is 0.872. The Morgan fingerprint density at radius 3 is 2.19 bits per heavy atom. The molecule has 1 aromatic rings. The van der Waals surface area contributed by atoms with Gasteiger partial charge in [-0.2, -0.15) is 4.31 Å². The summed E-state index contributed by atoms with van der Waals surface area (Å²) in [7, 11) is -3.34. The molecule has 0 unspecified atom stereocenters. The molecule has 0 aromatic heterocycles. The second-order valence-corrected chi connectivity index (χ2v) is 7.06. The molecule has 0 bridgehead atoms. The summed E-state index contributed by atoms with van der Waals surface area (Å²) < 4.78 is 26.2. The first-order chi connectivity index (χ1) is 9.92. The lowest BCUT2D eigenvalue weighted by molar-refractivity contribution is 0.0697. The van der Waals surface area contributed by atoms with Crippen molar-refractivity contribution in [2.45, 2.75) is 12.7 Å². The van der Waals surface area contributed by atoms with E-state index in [9.17, 15) is 13.2 Å². The average molecular weight is 312 g/mol. The van der Waals surface area contributed by atoms with Crippen molar-refractivity contribution in [1.29, 1.82) is 0 Å². The second-order valence-electron chi connectivity index (χ2n) is 5.09. The number of hydrogen-bond acceptors (Lipinski definition) is 4. The Bertz CT molecular complexity index is 590. The Balaban J connectivity index is 2.02. The van der Waals surface area contributed by atoms with Crippen molar-refractivity contribution in [2.24, 2.45) is 0 Å². The van der Waals surface area contributed by atoms with E-state index in [-0.39, 0.29) is 11.3 Å². The van der Waals surface area contributed by atoms with Crippen molar-refractivity contribution in [3.63, 3.8) is 0 Å². The van der Waals surface area contributed by atoms with Crippen molar-refractivity contribution in [3.05, 3.63) is 35.4 Å². The zero-order valence-corrected chi connectivity index (χ0v) is 12.8. The standard InChI is InChI=1S/C14H20N2O4S/c1-2-15-7-9-16(10-8-15)21(19,20)11-12-3-5-13(6-4-12)14(17)18/h3-6H,2,7-11H2,1H3,(H,17,18). The molecule has 1 aliphatic rings. The first-order valence-corrected chi connectivity index (χ1v) is 8.55. The van der Waals surface area contributed by atoms with Gasteiger partial charge >= 0.3 is 5.97 Å². The van der Waals surface area contributed by atoms with Gasteiger partial charge in [0, 0.05) is 26.2 Å². The summed E-state index contributed by atoms with van der Waals surface area (Å²) in [6, 6.07) is 5.98. The van der Waals surface area contributed by atoms with Crippen LogP contribution in [0.2, 0.25) is 0 Å². The molecule has 0 amide bonds. The van der Waals surface area contributed by atoms with Gasteiger partial charge in [0.2, 0.25) is 10.0 Å². The van der Waals surface area contributed by atoms with E-state index in [0.717, 1.165) is 19.6 Å². The van der Waals surface area contributed by atoms with E-state index in [2.05, 4.69) is 11.8 Å². The summed E-state index contributed by atoms with van der Waals surface area (Å²) in [6.45, 7) is 5.55. The highest BCUT2D eigenvalue weighted by atomic mass is 32.2. The Kier molecular flexibility index (Phi) is 4.97. The zero-order valence-electron chi connectivity index (χ0n) is 12.0. The molecule has 1 fully saturated rings. The van der Waals surface area contributed by atoms with Crippen molar-refractivity contribution in [1.82, 2.24) is 9.21 Å². The van der Waals surface area contributed by atoms with E-state index < -0.39 is 16.0 Å². The number of hydrogen-bond donors (Lipinski definition) is 1. The van der Waals surface area contributed by atoms with Gasteiger partial charge in [-0.3, -0.25) is 0 Å². The minimum Gasteiger partial charge on any atom is -0.478 e. The summed E-state index contributed by atoms with van der Waals surface area (Å²) in [5.74, 6) is -1.10. The van der Waals surface area contributed by atoms with Crippen LogP contribution in [0.5, 0.6) is 0 Å². The van der Waals surface area contributed by atoms with Crippen LogP contribution in [0.1, 0.15) is 22.8 Å². The number of carboxylic acids is 1. The van der Waals surface area contributed by atoms with E-state index in [1.54, 1.807) is 12.1 Å². The fourth-order valence-electron chi connectivity index (χ4n) is 2.37. The molecule has 0 radical (unpaired) electrons. The minimum absolute atomic E-state index is 0.0843. The first kappa shape index (κ1) is 15.9. The second kappa shape index (κ2) is 6.55. The number of likely N-dealkylation sites (N-methyl/N-ethyl adjacent to an activating group) is 1. The molecule has 0 atom stereocenters. The topological polar surface area (TPSA) is 77.9 Å². The number of piperazine rings is 1. The van der Waals surface area contributed by atoms with Gasteiger partial charge in [-0.1, -0.05) is 19.1 Å². The number of nitrogens with zero attached hydrogens (tertiary/aromatic N) is 2. The Hall–Kier alpha value is -1.44. The third-order valence-electron chi connectivity index (χ3n) is 3.72. The maximum absolute atomic E-state index is 12.4. The zero-order chi connectivity index (χ0) is 15.5. The lowest BCUT2D eigenvalue weighted by Crippen LogP contribution is -2.48. The predicted octanol–water partition coefficient (Wildman–Crippen LogP) is 0.852. The molecule has 1 heterocycles. The predicted molar refractivity (Wildman–Crippen MR) is 79.7 cm³/mol. The van der Waals surface area contributed by atoms with E-state index in [1.807, 2.05) is 0 Å². The van der Waals surface area contributed by atoms with Crippen molar-refractivity contribution in [2.75, 3.05) is 32.7 Å². The normalized spacial score (nSPS) is 17.8. The van der Waals surface area contributed by atoms with Crippen LogP contribution < -0.4 is 0 Å². The lowest BCUT2D eigenvalue weighted by atomic mass is 10.1. The smallest absolute Gasteiger partial charge is 0.335 e. The van der Waals surface area contributed by atoms with E-state index in [0.29, 0.717) is 18.7 Å². The highest BCUT2D eigenvalue weighted by Gasteiger charge is 2.26. The summed E-state index contributed by atoms with van der Waals surface area (Å²) in [5, 5.41) is 8.83. The number of rotatable bonds is 5. The summed E-state index contributed by atoms with van der Waals surface area (Å²) in [5.41, 5.74) is 0.769. The van der Waals surface area contributed by atoms with Gasteiger partial charge in [0.25, 0.3) is 0 Å². The molecule has 7 heteroatoms. The van der Waals surface area contributed by atoms with Gasteiger partial charge in [-0.15, -0.1) is 0 Å². The van der Waals surface area contributed by atoms with Crippen LogP contribution in [0.25, 0.3) is 0 Å². The van der Waals surface area contributed by atoms with Crippen LogP contribution in [0.3, 0.4) is 0 Å². The van der Waals surface area contributed by atoms with Crippen molar-refractivity contribution in [3.8, 4) is 0 Å². The molecule has 1 saturated heterocycles. The summed E-state index contributed by atoms with van der Waals surface area (Å²) in [6.07, 6.45) is 0. The molecule has 0 aliphatic carbocycles. The molecule has 6 nitrogen and oxygen atoms in total. The molecule has 21 heavy (non-hydrogen) atoms. The Labute approximate surface area is 125 Å². The highest BCUT2D eigenvalue weighted by Crippen LogP contribution is 2.14. The van der Waals surface area contributed by atoms with Gasteiger partial charge in [0.05, 0.1) is 11.3 Å². The fraction of sp³-hybridized carbons (Fsp3) is 0.500. The van der Waals surface area contributed by atoms with Crippen LogP contribution in [-0.2, 0) is 15.8 Å². The van der Waals surface area contributed by atoms with Crippen LogP contribution in [0, 0.1) is 0 Å². The van der Waals surface area contributed by atoms with Crippen molar-refractivity contribution < 1.29 is 18.3 Å². The highest BCUT2D eigenvalue weighted by molar-refractivity contribution is 7.88. The molecular weight excluding hydrogens is 292 g/mol. The molecule has 1 aromatic carbocycles. The van der Waals surface area contributed by atoms with E-state index in [4.69, 9.17) is 5.11 Å². The minimum atomic E-state index is -3.34. The fourth-order valence-corrected chi connectivity index (χ4v) is 3.89. The Morgan fingerprint density at radius 2 is 1.71 bits per heavy atom. The molecule has 2 rings (SSSR count). The summed E-state index contributed by atoms with van der Waals surface area (Å²) >= 11 is 0. The number of benzene rings is 1.